The Hall–Kier alpha value is -2.83. The van der Waals surface area contributed by atoms with Crippen LogP contribution in [0, 0.1) is 0 Å². The van der Waals surface area contributed by atoms with Crippen molar-refractivity contribution in [2.24, 2.45) is 5.10 Å². The predicted molar refractivity (Wildman–Crippen MR) is 107 cm³/mol. The minimum Gasteiger partial charge on any atom is -0.489 e. The predicted octanol–water partition coefficient (Wildman–Crippen LogP) is 4.23. The maximum absolute atomic E-state index is 12.1. The van der Waals surface area contributed by atoms with E-state index in [1.165, 1.54) is 18.3 Å². The molecule has 3 aromatic carbocycles. The normalized spacial score (nSPS) is 11.4. The van der Waals surface area contributed by atoms with Crippen LogP contribution in [0.5, 0.6) is 5.75 Å². The largest absolute Gasteiger partial charge is 0.489 e. The van der Waals surface area contributed by atoms with E-state index in [0.717, 1.165) is 11.1 Å². The second-order valence-electron chi connectivity index (χ2n) is 5.65. The van der Waals surface area contributed by atoms with Crippen LogP contribution >= 0.6 is 11.6 Å². The highest BCUT2D eigenvalue weighted by atomic mass is 35.5. The average Bonchev–Trinajstić information content (AvgIpc) is 2.69. The molecule has 3 rings (SSSR count). The van der Waals surface area contributed by atoms with E-state index in [1.807, 2.05) is 24.3 Å². The smallest absolute Gasteiger partial charge is 0.276 e. The van der Waals surface area contributed by atoms with Gasteiger partial charge in [-0.1, -0.05) is 41.9 Å². The summed E-state index contributed by atoms with van der Waals surface area (Å²) < 4.78 is 29.8. The maximum atomic E-state index is 12.1. The molecule has 3 aromatic rings. The Balaban J connectivity index is 1.55. The van der Waals surface area contributed by atoms with Gasteiger partial charge in [0.25, 0.3) is 10.0 Å². The molecule has 27 heavy (non-hydrogen) atoms. The lowest BCUT2D eigenvalue weighted by Gasteiger charge is -2.06. The molecule has 0 aliphatic rings. The van der Waals surface area contributed by atoms with Crippen LogP contribution in [-0.4, -0.2) is 14.6 Å². The number of hydrazone groups is 1. The van der Waals surface area contributed by atoms with Gasteiger partial charge in [-0.05, 0) is 59.7 Å². The van der Waals surface area contributed by atoms with Gasteiger partial charge in [0.1, 0.15) is 12.4 Å². The summed E-state index contributed by atoms with van der Waals surface area (Å²) in [5.74, 6) is 0.701. The number of ether oxygens (including phenoxy) is 1. The molecule has 0 saturated heterocycles. The zero-order chi connectivity index (χ0) is 19.1. The van der Waals surface area contributed by atoms with Gasteiger partial charge in [-0.3, -0.25) is 0 Å². The van der Waals surface area contributed by atoms with E-state index in [0.29, 0.717) is 17.4 Å². The molecule has 1 N–H and O–H groups in total. The number of benzene rings is 3. The second kappa shape index (κ2) is 8.70. The van der Waals surface area contributed by atoms with E-state index in [2.05, 4.69) is 9.93 Å². The van der Waals surface area contributed by atoms with Crippen molar-refractivity contribution >= 4 is 27.8 Å². The molecule has 0 amide bonds. The summed E-state index contributed by atoms with van der Waals surface area (Å²) >= 11 is 5.85. The van der Waals surface area contributed by atoms with E-state index < -0.39 is 10.0 Å². The van der Waals surface area contributed by atoms with Gasteiger partial charge in [-0.2, -0.15) is 13.5 Å². The number of nitrogens with zero attached hydrogens (tertiary/aromatic N) is 1. The summed E-state index contributed by atoms with van der Waals surface area (Å²) in [6.07, 6.45) is 1.43. The van der Waals surface area contributed by atoms with Crippen molar-refractivity contribution in [2.45, 2.75) is 11.5 Å². The van der Waals surface area contributed by atoms with Crippen molar-refractivity contribution < 1.29 is 13.2 Å². The molecule has 0 aliphatic carbocycles. The van der Waals surface area contributed by atoms with Gasteiger partial charge in [0, 0.05) is 5.02 Å². The first-order valence-corrected chi connectivity index (χ1v) is 9.96. The summed E-state index contributed by atoms with van der Waals surface area (Å²) in [6.45, 7) is 0.432. The third-order valence-electron chi connectivity index (χ3n) is 3.64. The van der Waals surface area contributed by atoms with E-state index in [1.54, 1.807) is 42.5 Å². The first-order valence-electron chi connectivity index (χ1n) is 8.10. The van der Waals surface area contributed by atoms with E-state index in [9.17, 15) is 8.42 Å². The van der Waals surface area contributed by atoms with Crippen LogP contribution in [0.3, 0.4) is 0 Å². The first kappa shape index (κ1) is 18.9. The summed E-state index contributed by atoms with van der Waals surface area (Å²) in [5.41, 5.74) is 1.75. The quantitative estimate of drug-likeness (QED) is 0.476. The molecule has 0 bridgehead atoms. The Kier molecular flexibility index (Phi) is 6.11. The van der Waals surface area contributed by atoms with E-state index in [4.69, 9.17) is 16.3 Å². The molecule has 0 radical (unpaired) electrons. The van der Waals surface area contributed by atoms with E-state index >= 15 is 0 Å². The Bertz CT molecular complexity index is 1000. The lowest BCUT2D eigenvalue weighted by molar-refractivity contribution is 0.306. The molecule has 0 heterocycles. The van der Waals surface area contributed by atoms with Crippen LogP contribution in [0.4, 0.5) is 0 Å². The fraction of sp³-hybridized carbons (Fsp3) is 0.0500. The third-order valence-corrected chi connectivity index (χ3v) is 5.13. The highest BCUT2D eigenvalue weighted by Gasteiger charge is 2.10. The second-order valence-corrected chi connectivity index (χ2v) is 7.75. The first-order chi connectivity index (χ1) is 13.0. The van der Waals surface area contributed by atoms with Gasteiger partial charge < -0.3 is 4.74 Å². The number of hydrogen-bond donors (Lipinski definition) is 1. The lowest BCUT2D eigenvalue weighted by Crippen LogP contribution is -2.18. The Morgan fingerprint density at radius 3 is 2.26 bits per heavy atom. The number of hydrogen-bond acceptors (Lipinski definition) is 4. The number of nitrogens with one attached hydrogen (secondary N) is 1. The molecule has 0 aliphatic heterocycles. The summed E-state index contributed by atoms with van der Waals surface area (Å²) in [7, 11) is -3.66. The van der Waals surface area contributed by atoms with Crippen LogP contribution in [0.1, 0.15) is 11.1 Å². The van der Waals surface area contributed by atoms with Crippen LogP contribution in [0.15, 0.2) is 88.9 Å². The number of sulfonamides is 1. The van der Waals surface area contributed by atoms with Gasteiger partial charge in [0.2, 0.25) is 0 Å². The van der Waals surface area contributed by atoms with Crippen molar-refractivity contribution in [1.29, 1.82) is 0 Å². The molecule has 0 aromatic heterocycles. The van der Waals surface area contributed by atoms with E-state index in [-0.39, 0.29) is 4.90 Å². The molecule has 0 fully saturated rings. The monoisotopic (exact) mass is 400 g/mol. The lowest BCUT2D eigenvalue weighted by atomic mass is 10.2. The van der Waals surface area contributed by atoms with Gasteiger partial charge in [-0.15, -0.1) is 0 Å². The van der Waals surface area contributed by atoms with Gasteiger partial charge >= 0.3 is 0 Å². The summed E-state index contributed by atoms with van der Waals surface area (Å²) in [4.78, 5) is 2.35. The zero-order valence-corrected chi connectivity index (χ0v) is 15.8. The highest BCUT2D eigenvalue weighted by Crippen LogP contribution is 2.15. The Morgan fingerprint density at radius 1 is 0.926 bits per heavy atom. The highest BCUT2D eigenvalue weighted by molar-refractivity contribution is 7.89. The topological polar surface area (TPSA) is 67.8 Å². The average molecular weight is 401 g/mol. The van der Waals surface area contributed by atoms with Gasteiger partial charge in [0.05, 0.1) is 11.1 Å². The molecule has 0 atom stereocenters. The molecule has 0 saturated carbocycles. The number of rotatable bonds is 7. The molecular weight excluding hydrogens is 384 g/mol. The fourth-order valence-electron chi connectivity index (χ4n) is 2.22. The fourth-order valence-corrected chi connectivity index (χ4v) is 3.16. The van der Waals surface area contributed by atoms with Gasteiger partial charge in [0.15, 0.2) is 0 Å². The SMILES string of the molecule is O=S(=O)(N/N=C/c1ccc(OCc2ccc(Cl)cc2)cc1)c1ccccc1. The standard InChI is InChI=1S/C20H17ClN2O3S/c21-18-10-6-17(7-11-18)15-26-19-12-8-16(9-13-19)14-22-23-27(24,25)20-4-2-1-3-5-20/h1-14,23H,15H2/b22-14+. The minimum absolute atomic E-state index is 0.160. The maximum Gasteiger partial charge on any atom is 0.276 e. The van der Waals surface area contributed by atoms with Crippen molar-refractivity contribution in [3.63, 3.8) is 0 Å². The molecule has 0 unspecified atom stereocenters. The van der Waals surface area contributed by atoms with Crippen molar-refractivity contribution in [1.82, 2.24) is 4.83 Å². The van der Waals surface area contributed by atoms with Gasteiger partial charge in [-0.25, -0.2) is 4.83 Å². The molecule has 0 spiro atoms. The molecule has 5 nitrogen and oxygen atoms in total. The Morgan fingerprint density at radius 2 is 1.59 bits per heavy atom. The van der Waals surface area contributed by atoms with Crippen LogP contribution in [0.25, 0.3) is 0 Å². The summed E-state index contributed by atoms with van der Waals surface area (Å²) in [5, 5.41) is 4.49. The van der Waals surface area contributed by atoms with Crippen LogP contribution in [-0.2, 0) is 16.6 Å². The van der Waals surface area contributed by atoms with Crippen LogP contribution in [0.2, 0.25) is 5.02 Å². The summed E-state index contributed by atoms with van der Waals surface area (Å²) in [6, 6.07) is 22.7. The van der Waals surface area contributed by atoms with Crippen molar-refractivity contribution in [2.75, 3.05) is 0 Å². The molecule has 138 valence electrons. The zero-order valence-electron chi connectivity index (χ0n) is 14.2. The Labute approximate surface area is 163 Å². The van der Waals surface area contributed by atoms with Crippen molar-refractivity contribution in [3.05, 3.63) is 95.0 Å². The minimum atomic E-state index is -3.66. The third kappa shape index (κ3) is 5.57. The molecular formula is C20H17ClN2O3S. The van der Waals surface area contributed by atoms with Crippen molar-refractivity contribution in [3.8, 4) is 5.75 Å². The number of halogens is 1. The molecule has 7 heteroatoms. The van der Waals surface area contributed by atoms with Crippen LogP contribution < -0.4 is 9.57 Å².